The standard InChI is InChI=1S/C25H43F4N3O/c1-2-3-4-5-6-7-8-9-10-11-12-13-14-15-16-17-18-30-23(33)20-32-22(25(28)29)19-21(31-32)24(26)27/h19,24-25H,2-18,20H2,1H3,(H,30,33). The smallest absolute Gasteiger partial charge is 0.282 e. The summed E-state index contributed by atoms with van der Waals surface area (Å²) >= 11 is 0. The van der Waals surface area contributed by atoms with E-state index in [1.807, 2.05) is 0 Å². The molecule has 0 unspecified atom stereocenters. The van der Waals surface area contributed by atoms with Gasteiger partial charge in [-0.2, -0.15) is 5.10 Å². The Morgan fingerprint density at radius 3 is 1.67 bits per heavy atom. The second-order valence-corrected chi connectivity index (χ2v) is 8.91. The van der Waals surface area contributed by atoms with Crippen molar-refractivity contribution in [3.05, 3.63) is 17.5 Å². The third-order valence-corrected chi connectivity index (χ3v) is 5.92. The maximum Gasteiger partial charge on any atom is 0.282 e. The van der Waals surface area contributed by atoms with Crippen LogP contribution >= 0.6 is 0 Å². The summed E-state index contributed by atoms with van der Waals surface area (Å²) in [6, 6.07) is 0.651. The molecule has 0 aliphatic heterocycles. The van der Waals surface area contributed by atoms with E-state index in [4.69, 9.17) is 0 Å². The number of nitrogens with one attached hydrogen (secondary N) is 1. The van der Waals surface area contributed by atoms with E-state index in [-0.39, 0.29) is 0 Å². The molecule has 1 aromatic heterocycles. The SMILES string of the molecule is CCCCCCCCCCCCCCCCCCNC(=O)Cn1nc(C(F)F)cc1C(F)F. The number of alkyl halides is 4. The number of halogens is 4. The van der Waals surface area contributed by atoms with Crippen LogP contribution in [0.2, 0.25) is 0 Å². The third-order valence-electron chi connectivity index (χ3n) is 5.92. The molecule has 0 aliphatic rings. The first-order valence-electron chi connectivity index (χ1n) is 12.9. The Bertz CT molecular complexity index is 623. The fourth-order valence-electron chi connectivity index (χ4n) is 3.95. The number of carbonyl (C=O) groups is 1. The number of amides is 1. The molecule has 0 aliphatic carbocycles. The highest BCUT2D eigenvalue weighted by Crippen LogP contribution is 2.24. The molecule has 0 saturated carbocycles. The Morgan fingerprint density at radius 1 is 0.788 bits per heavy atom. The van der Waals surface area contributed by atoms with Gasteiger partial charge in [-0.3, -0.25) is 9.48 Å². The first kappa shape index (κ1) is 29.4. The van der Waals surface area contributed by atoms with Gasteiger partial charge < -0.3 is 5.32 Å². The zero-order valence-electron chi connectivity index (χ0n) is 20.3. The predicted octanol–water partition coefficient (Wildman–Crippen LogP) is 8.14. The van der Waals surface area contributed by atoms with E-state index in [2.05, 4.69) is 17.3 Å². The van der Waals surface area contributed by atoms with Gasteiger partial charge in [-0.15, -0.1) is 0 Å². The number of aromatic nitrogens is 2. The van der Waals surface area contributed by atoms with Gasteiger partial charge in [-0.05, 0) is 12.5 Å². The largest absolute Gasteiger partial charge is 0.354 e. The van der Waals surface area contributed by atoms with Crippen molar-refractivity contribution in [2.24, 2.45) is 0 Å². The van der Waals surface area contributed by atoms with Crippen molar-refractivity contribution in [1.82, 2.24) is 15.1 Å². The lowest BCUT2D eigenvalue weighted by Gasteiger charge is -2.08. The van der Waals surface area contributed by atoms with Gasteiger partial charge in [0.2, 0.25) is 5.91 Å². The molecule has 0 aromatic carbocycles. The van der Waals surface area contributed by atoms with Crippen LogP contribution in [0.4, 0.5) is 17.6 Å². The lowest BCUT2D eigenvalue weighted by Crippen LogP contribution is -2.29. The molecular weight excluding hydrogens is 434 g/mol. The Labute approximate surface area is 196 Å². The Kier molecular flexibility index (Phi) is 16.8. The van der Waals surface area contributed by atoms with E-state index < -0.39 is 36.7 Å². The Hall–Kier alpha value is -1.60. The van der Waals surface area contributed by atoms with Gasteiger partial charge in [0.05, 0.1) is 0 Å². The van der Waals surface area contributed by atoms with Crippen LogP contribution in [0.15, 0.2) is 6.07 Å². The van der Waals surface area contributed by atoms with E-state index in [1.54, 1.807) is 0 Å². The van der Waals surface area contributed by atoms with E-state index >= 15 is 0 Å². The molecule has 0 saturated heterocycles. The molecule has 1 rings (SSSR count). The van der Waals surface area contributed by atoms with Crippen molar-refractivity contribution >= 4 is 5.91 Å². The molecule has 33 heavy (non-hydrogen) atoms. The van der Waals surface area contributed by atoms with Gasteiger partial charge in [0.15, 0.2) is 0 Å². The first-order valence-corrected chi connectivity index (χ1v) is 12.9. The number of unbranched alkanes of at least 4 members (excludes halogenated alkanes) is 15. The molecule has 1 aromatic rings. The highest BCUT2D eigenvalue weighted by molar-refractivity contribution is 5.75. The fourth-order valence-corrected chi connectivity index (χ4v) is 3.95. The molecule has 1 N–H and O–H groups in total. The summed E-state index contributed by atoms with van der Waals surface area (Å²) in [6.45, 7) is 2.22. The number of carbonyl (C=O) groups excluding carboxylic acids is 1. The topological polar surface area (TPSA) is 46.9 Å². The first-order chi connectivity index (χ1) is 16.0. The van der Waals surface area contributed by atoms with Crippen molar-refractivity contribution in [3.63, 3.8) is 0 Å². The molecule has 0 radical (unpaired) electrons. The average Bonchev–Trinajstić information content (AvgIpc) is 3.20. The van der Waals surface area contributed by atoms with Crippen LogP contribution in [0.3, 0.4) is 0 Å². The van der Waals surface area contributed by atoms with Gasteiger partial charge in [-0.1, -0.05) is 103 Å². The van der Waals surface area contributed by atoms with Gasteiger partial charge in [-0.25, -0.2) is 17.6 Å². The van der Waals surface area contributed by atoms with Crippen molar-refractivity contribution in [2.75, 3.05) is 6.54 Å². The number of nitrogens with zero attached hydrogens (tertiary/aromatic N) is 2. The second kappa shape index (κ2) is 18.8. The molecule has 8 heteroatoms. The minimum absolute atomic E-state index is 0.449. The summed E-state index contributed by atoms with van der Waals surface area (Å²) < 4.78 is 51.9. The van der Waals surface area contributed by atoms with Gasteiger partial charge in [0.25, 0.3) is 12.9 Å². The lowest BCUT2D eigenvalue weighted by molar-refractivity contribution is -0.121. The van der Waals surface area contributed by atoms with Gasteiger partial charge in [0, 0.05) is 6.54 Å². The van der Waals surface area contributed by atoms with E-state index in [1.165, 1.54) is 83.5 Å². The molecular formula is C25H43F4N3O. The molecule has 1 heterocycles. The third kappa shape index (κ3) is 14.3. The van der Waals surface area contributed by atoms with Crippen molar-refractivity contribution in [1.29, 1.82) is 0 Å². The highest BCUT2D eigenvalue weighted by Gasteiger charge is 2.22. The van der Waals surface area contributed by atoms with Crippen LogP contribution in [0.25, 0.3) is 0 Å². The zero-order chi connectivity index (χ0) is 24.3. The summed E-state index contributed by atoms with van der Waals surface area (Å²) in [5, 5.41) is 6.08. The second-order valence-electron chi connectivity index (χ2n) is 8.91. The quantitative estimate of drug-likeness (QED) is 0.143. The number of rotatable bonds is 21. The Morgan fingerprint density at radius 2 is 1.24 bits per heavy atom. The van der Waals surface area contributed by atoms with Gasteiger partial charge in [0.1, 0.15) is 17.9 Å². The van der Waals surface area contributed by atoms with Crippen LogP contribution in [-0.2, 0) is 11.3 Å². The summed E-state index contributed by atoms with van der Waals surface area (Å²) in [6.07, 6.45) is 14.3. The molecule has 0 atom stereocenters. The maximum absolute atomic E-state index is 12.9. The zero-order valence-corrected chi connectivity index (χ0v) is 20.3. The highest BCUT2D eigenvalue weighted by atomic mass is 19.3. The monoisotopic (exact) mass is 477 g/mol. The molecule has 0 bridgehead atoms. The maximum atomic E-state index is 12.9. The molecule has 1 amide bonds. The minimum atomic E-state index is -2.96. The summed E-state index contributed by atoms with van der Waals surface area (Å²) in [7, 11) is 0. The van der Waals surface area contributed by atoms with Crippen molar-refractivity contribution in [3.8, 4) is 0 Å². The predicted molar refractivity (Wildman–Crippen MR) is 125 cm³/mol. The molecule has 4 nitrogen and oxygen atoms in total. The van der Waals surface area contributed by atoms with Crippen molar-refractivity contribution < 1.29 is 22.4 Å². The van der Waals surface area contributed by atoms with E-state index in [0.29, 0.717) is 17.3 Å². The number of hydrogen-bond donors (Lipinski definition) is 1. The molecule has 0 spiro atoms. The lowest BCUT2D eigenvalue weighted by atomic mass is 10.0. The molecule has 192 valence electrons. The summed E-state index contributed by atoms with van der Waals surface area (Å²) in [4.78, 5) is 11.9. The minimum Gasteiger partial charge on any atom is -0.354 e. The fraction of sp³-hybridized carbons (Fsp3) is 0.840. The van der Waals surface area contributed by atoms with Crippen LogP contribution in [0.1, 0.15) is 134 Å². The average molecular weight is 478 g/mol. The normalized spacial score (nSPS) is 11.6. The van der Waals surface area contributed by atoms with E-state index in [0.717, 1.165) is 19.3 Å². The Balaban J connectivity index is 1.95. The summed E-state index contributed by atoms with van der Waals surface area (Å²) in [5.74, 6) is -0.498. The van der Waals surface area contributed by atoms with Gasteiger partial charge >= 0.3 is 0 Å². The van der Waals surface area contributed by atoms with Crippen LogP contribution in [0, 0.1) is 0 Å². The van der Waals surface area contributed by atoms with Crippen molar-refractivity contribution in [2.45, 2.75) is 129 Å². The molecule has 0 fully saturated rings. The number of hydrogen-bond acceptors (Lipinski definition) is 2. The van der Waals surface area contributed by atoms with Crippen LogP contribution < -0.4 is 5.32 Å². The van der Waals surface area contributed by atoms with Crippen LogP contribution in [-0.4, -0.2) is 22.2 Å². The summed E-state index contributed by atoms with van der Waals surface area (Å²) in [5.41, 5.74) is -1.40. The van der Waals surface area contributed by atoms with E-state index in [9.17, 15) is 22.4 Å². The van der Waals surface area contributed by atoms with Crippen LogP contribution in [0.5, 0.6) is 0 Å².